The minimum absolute atomic E-state index is 0.0326. The van der Waals surface area contributed by atoms with Gasteiger partial charge >= 0.3 is 12.1 Å². The van der Waals surface area contributed by atoms with Crippen molar-refractivity contribution >= 4 is 5.97 Å². The number of carboxylic acid groups (broad SMARTS) is 1. The molecule has 0 aliphatic rings. The van der Waals surface area contributed by atoms with Crippen LogP contribution in [0.25, 0.3) is 11.1 Å². The summed E-state index contributed by atoms with van der Waals surface area (Å²) in [4.78, 5) is 14.8. The zero-order chi connectivity index (χ0) is 24.9. The Hall–Kier alpha value is -3.68. The van der Waals surface area contributed by atoms with Crippen LogP contribution >= 0.6 is 0 Å². The molecule has 0 atom stereocenters. The second-order valence-electron chi connectivity index (χ2n) is 7.88. The number of allylic oxidation sites excluding steroid dienone is 1. The Morgan fingerprint density at radius 2 is 1.74 bits per heavy atom. The molecule has 2 aromatic carbocycles. The molecule has 0 saturated heterocycles. The number of rotatable bonds is 8. The third kappa shape index (κ3) is 6.21. The van der Waals surface area contributed by atoms with Gasteiger partial charge in [0, 0.05) is 18.2 Å². The number of benzene rings is 2. The molecule has 1 aromatic heterocycles. The van der Waals surface area contributed by atoms with E-state index in [1.54, 1.807) is 6.07 Å². The number of hydrogen-bond acceptors (Lipinski definition) is 3. The normalized spacial score (nSPS) is 12.3. The van der Waals surface area contributed by atoms with Crippen LogP contribution in [0.5, 0.6) is 5.75 Å². The molecule has 178 valence electrons. The largest absolute Gasteiger partial charge is 0.493 e. The first-order chi connectivity index (χ1) is 16.1. The van der Waals surface area contributed by atoms with Crippen LogP contribution in [0.3, 0.4) is 0 Å². The van der Waals surface area contributed by atoms with E-state index in [-0.39, 0.29) is 29.2 Å². The van der Waals surface area contributed by atoms with Gasteiger partial charge in [0.2, 0.25) is 0 Å². The van der Waals surface area contributed by atoms with E-state index in [1.807, 2.05) is 13.8 Å². The van der Waals surface area contributed by atoms with Crippen molar-refractivity contribution in [2.45, 2.75) is 32.9 Å². The van der Waals surface area contributed by atoms with Crippen molar-refractivity contribution in [2.75, 3.05) is 6.61 Å². The molecule has 1 N–H and O–H groups in total. The Bertz CT molecular complexity index is 1200. The van der Waals surface area contributed by atoms with Crippen molar-refractivity contribution in [2.24, 2.45) is 0 Å². The maximum absolute atomic E-state index is 14.1. The predicted octanol–water partition coefficient (Wildman–Crippen LogP) is 6.95. The van der Waals surface area contributed by atoms with Gasteiger partial charge in [-0.3, -0.25) is 0 Å². The number of pyridine rings is 1. The Morgan fingerprint density at radius 1 is 1.00 bits per heavy atom. The van der Waals surface area contributed by atoms with E-state index in [1.165, 1.54) is 42.6 Å². The van der Waals surface area contributed by atoms with Gasteiger partial charge in [-0.15, -0.1) is 0 Å². The van der Waals surface area contributed by atoms with Gasteiger partial charge in [0.25, 0.3) is 0 Å². The Labute approximate surface area is 194 Å². The minimum atomic E-state index is -4.67. The summed E-state index contributed by atoms with van der Waals surface area (Å²) < 4.78 is 60.6. The lowest BCUT2D eigenvalue weighted by molar-refractivity contribution is -0.137. The molecular weight excluding hydrogens is 450 g/mol. The highest BCUT2D eigenvalue weighted by atomic mass is 19.4. The van der Waals surface area contributed by atoms with E-state index in [4.69, 9.17) is 9.84 Å². The number of alkyl halides is 3. The van der Waals surface area contributed by atoms with Crippen molar-refractivity contribution in [1.82, 2.24) is 4.98 Å². The zero-order valence-electron chi connectivity index (χ0n) is 18.6. The SMILES string of the molecule is CC(CCOc1ccc(-c2ccccc2F)c(C(F)(F)F)c1)=C(C)Cc1ccc(C(=O)O)nc1. The second-order valence-corrected chi connectivity index (χ2v) is 7.88. The van der Waals surface area contributed by atoms with E-state index >= 15 is 0 Å². The minimum Gasteiger partial charge on any atom is -0.493 e. The molecule has 0 bridgehead atoms. The lowest BCUT2D eigenvalue weighted by Gasteiger charge is -2.16. The summed E-state index contributed by atoms with van der Waals surface area (Å²) in [6.07, 6.45) is -2.11. The number of nitrogens with zero attached hydrogens (tertiary/aromatic N) is 1. The summed E-state index contributed by atoms with van der Waals surface area (Å²) in [5.74, 6) is -1.78. The predicted molar refractivity (Wildman–Crippen MR) is 120 cm³/mol. The van der Waals surface area contributed by atoms with Gasteiger partial charge in [-0.1, -0.05) is 35.4 Å². The Kier molecular flexibility index (Phi) is 7.71. The smallest absolute Gasteiger partial charge is 0.417 e. The number of hydrogen-bond donors (Lipinski definition) is 1. The molecule has 0 unspecified atom stereocenters. The fourth-order valence-corrected chi connectivity index (χ4v) is 3.41. The molecule has 0 radical (unpaired) electrons. The molecule has 3 rings (SSSR count). The summed E-state index contributed by atoms with van der Waals surface area (Å²) in [7, 11) is 0. The van der Waals surface area contributed by atoms with E-state index in [9.17, 15) is 22.4 Å². The van der Waals surface area contributed by atoms with Crippen LogP contribution in [-0.2, 0) is 12.6 Å². The average molecular weight is 473 g/mol. The quantitative estimate of drug-likeness (QED) is 0.284. The van der Waals surface area contributed by atoms with Crippen molar-refractivity contribution in [3.8, 4) is 16.9 Å². The maximum atomic E-state index is 14.1. The highest BCUT2D eigenvalue weighted by molar-refractivity contribution is 5.85. The van der Waals surface area contributed by atoms with E-state index in [0.717, 1.165) is 28.8 Å². The molecule has 3 aromatic rings. The van der Waals surface area contributed by atoms with Crippen LogP contribution in [-0.4, -0.2) is 22.7 Å². The zero-order valence-corrected chi connectivity index (χ0v) is 18.6. The first-order valence-electron chi connectivity index (χ1n) is 10.5. The Balaban J connectivity index is 1.69. The van der Waals surface area contributed by atoms with E-state index in [0.29, 0.717) is 12.8 Å². The molecule has 34 heavy (non-hydrogen) atoms. The number of carbonyl (C=O) groups is 1. The van der Waals surface area contributed by atoms with Crippen LogP contribution in [0.4, 0.5) is 17.6 Å². The van der Waals surface area contributed by atoms with Gasteiger partial charge in [-0.2, -0.15) is 13.2 Å². The highest BCUT2D eigenvalue weighted by Crippen LogP contribution is 2.40. The third-order valence-corrected chi connectivity index (χ3v) is 5.45. The standard InChI is InChI=1S/C26H23F4NO3/c1-16(17(2)13-18-7-10-24(25(32)33)31-15-18)11-12-34-19-8-9-20(22(14-19)26(28,29)30)21-5-3-4-6-23(21)27/h3-10,14-15H,11-13H2,1-2H3,(H,32,33). The number of aromatic nitrogens is 1. The molecule has 1 heterocycles. The molecule has 0 fully saturated rings. The fourth-order valence-electron chi connectivity index (χ4n) is 3.41. The monoisotopic (exact) mass is 473 g/mol. The van der Waals surface area contributed by atoms with E-state index in [2.05, 4.69) is 4.98 Å². The Morgan fingerprint density at radius 3 is 2.35 bits per heavy atom. The fraction of sp³-hybridized carbons (Fsp3) is 0.231. The lowest BCUT2D eigenvalue weighted by Crippen LogP contribution is -2.09. The summed E-state index contributed by atoms with van der Waals surface area (Å²) in [6.45, 7) is 3.99. The summed E-state index contributed by atoms with van der Waals surface area (Å²) in [5, 5.41) is 8.92. The van der Waals surface area contributed by atoms with Gasteiger partial charge in [-0.25, -0.2) is 14.2 Å². The molecule has 0 aliphatic carbocycles. The van der Waals surface area contributed by atoms with Gasteiger partial charge in [0.1, 0.15) is 17.3 Å². The topological polar surface area (TPSA) is 59.4 Å². The van der Waals surface area contributed by atoms with Crippen LogP contribution in [0.1, 0.15) is 41.9 Å². The number of aromatic carboxylic acids is 1. The van der Waals surface area contributed by atoms with Crippen LogP contribution in [0.2, 0.25) is 0 Å². The van der Waals surface area contributed by atoms with Gasteiger partial charge in [0.15, 0.2) is 0 Å². The van der Waals surface area contributed by atoms with Gasteiger partial charge in [-0.05, 0) is 61.7 Å². The first kappa shape index (κ1) is 25.0. The molecule has 8 heteroatoms. The highest BCUT2D eigenvalue weighted by Gasteiger charge is 2.34. The average Bonchev–Trinajstić information content (AvgIpc) is 2.79. The van der Waals surface area contributed by atoms with Gasteiger partial charge < -0.3 is 9.84 Å². The summed E-state index contributed by atoms with van der Waals surface area (Å²) >= 11 is 0. The van der Waals surface area contributed by atoms with E-state index < -0.39 is 23.5 Å². The number of ether oxygens (including phenoxy) is 1. The number of halogens is 4. The van der Waals surface area contributed by atoms with Crippen LogP contribution in [0.15, 0.2) is 71.9 Å². The summed E-state index contributed by atoms with van der Waals surface area (Å²) in [5.41, 5.74) is 1.52. The van der Waals surface area contributed by atoms with Gasteiger partial charge in [0.05, 0.1) is 12.2 Å². The molecule has 0 spiro atoms. The van der Waals surface area contributed by atoms with Crippen LogP contribution in [0, 0.1) is 5.82 Å². The molecule has 0 aliphatic heterocycles. The molecule has 0 saturated carbocycles. The van der Waals surface area contributed by atoms with Crippen LogP contribution < -0.4 is 4.74 Å². The molecule has 4 nitrogen and oxygen atoms in total. The molecular formula is C26H23F4NO3. The van der Waals surface area contributed by atoms with Crippen molar-refractivity contribution < 1.29 is 32.2 Å². The third-order valence-electron chi connectivity index (χ3n) is 5.45. The summed E-state index contributed by atoms with van der Waals surface area (Å²) in [6, 6.07) is 12.0. The second kappa shape index (κ2) is 10.5. The van der Waals surface area contributed by atoms with Crippen molar-refractivity contribution in [3.63, 3.8) is 0 Å². The maximum Gasteiger partial charge on any atom is 0.417 e. The number of carboxylic acids is 1. The molecule has 0 amide bonds. The first-order valence-corrected chi connectivity index (χ1v) is 10.5. The lowest BCUT2D eigenvalue weighted by atomic mass is 9.98. The van der Waals surface area contributed by atoms with Crippen molar-refractivity contribution in [1.29, 1.82) is 0 Å². The van der Waals surface area contributed by atoms with Crippen molar-refractivity contribution in [3.05, 3.63) is 94.6 Å².